The van der Waals surface area contributed by atoms with Crippen LogP contribution in [-0.4, -0.2) is 6.47 Å². The third kappa shape index (κ3) is 1.96. The predicted molar refractivity (Wildman–Crippen MR) is 45.0 cm³/mol. The third-order valence-electron chi connectivity index (χ3n) is 1.45. The molecule has 0 aliphatic heterocycles. The van der Waals surface area contributed by atoms with Crippen LogP contribution in [0.1, 0.15) is 5.56 Å². The Morgan fingerprint density at radius 1 is 1.42 bits per heavy atom. The van der Waals surface area contributed by atoms with Crippen molar-refractivity contribution in [3.05, 3.63) is 29.8 Å². The molecule has 0 aliphatic carbocycles. The second-order valence-electron chi connectivity index (χ2n) is 2.36. The van der Waals surface area contributed by atoms with Crippen LogP contribution < -0.4 is 11.0 Å². The van der Waals surface area contributed by atoms with Crippen LogP contribution in [0.3, 0.4) is 0 Å². The average molecular weight is 166 g/mol. The number of aryl methyl sites for hydroxylation is 1. The van der Waals surface area contributed by atoms with E-state index in [0.717, 1.165) is 10.7 Å². The fraction of sp³-hybridized carbons (Fsp3) is 0.125. The summed E-state index contributed by atoms with van der Waals surface area (Å²) in [5.41, 5.74) is 1.76. The quantitative estimate of drug-likeness (QED) is 0.409. The van der Waals surface area contributed by atoms with Crippen molar-refractivity contribution in [3.63, 3.8) is 0 Å². The van der Waals surface area contributed by atoms with E-state index >= 15 is 0 Å². The van der Waals surface area contributed by atoms with Gasteiger partial charge in [-0.25, -0.2) is 5.84 Å². The molecule has 0 fully saturated rings. The fourth-order valence-electron chi connectivity index (χ4n) is 0.799. The first-order valence-corrected chi connectivity index (χ1v) is 3.46. The highest BCUT2D eigenvalue weighted by Gasteiger charge is 1.99. The SMILES string of the molecule is Cc1ccc(N(N)OC=O)cc1. The number of nitrogens with two attached hydrogens (primary N) is 1. The molecule has 2 N–H and O–H groups in total. The van der Waals surface area contributed by atoms with Crippen molar-refractivity contribution in [3.8, 4) is 0 Å². The highest BCUT2D eigenvalue weighted by atomic mass is 16.7. The van der Waals surface area contributed by atoms with Crippen LogP contribution in [0.25, 0.3) is 0 Å². The Morgan fingerprint density at radius 2 is 2.00 bits per heavy atom. The monoisotopic (exact) mass is 166 g/mol. The van der Waals surface area contributed by atoms with Crippen LogP contribution in [-0.2, 0) is 9.63 Å². The topological polar surface area (TPSA) is 55.6 Å². The molecular weight excluding hydrogens is 156 g/mol. The van der Waals surface area contributed by atoms with E-state index < -0.39 is 0 Å². The molecule has 0 spiro atoms. The molecule has 0 unspecified atom stereocenters. The largest absolute Gasteiger partial charge is 0.329 e. The zero-order valence-corrected chi connectivity index (χ0v) is 6.73. The lowest BCUT2D eigenvalue weighted by Gasteiger charge is -2.13. The molecule has 0 radical (unpaired) electrons. The first-order valence-electron chi connectivity index (χ1n) is 3.46. The number of rotatable bonds is 3. The van der Waals surface area contributed by atoms with E-state index in [-0.39, 0.29) is 6.47 Å². The number of hydrogen-bond donors (Lipinski definition) is 1. The Morgan fingerprint density at radius 3 is 2.50 bits per heavy atom. The van der Waals surface area contributed by atoms with Gasteiger partial charge >= 0.3 is 6.47 Å². The van der Waals surface area contributed by atoms with Crippen molar-refractivity contribution >= 4 is 12.2 Å². The Kier molecular flexibility index (Phi) is 2.66. The molecule has 1 aromatic rings. The van der Waals surface area contributed by atoms with Gasteiger partial charge in [0.15, 0.2) is 0 Å². The second kappa shape index (κ2) is 3.73. The van der Waals surface area contributed by atoms with Gasteiger partial charge in [0, 0.05) is 0 Å². The molecule has 4 nitrogen and oxygen atoms in total. The van der Waals surface area contributed by atoms with Crippen molar-refractivity contribution in [2.75, 3.05) is 5.17 Å². The van der Waals surface area contributed by atoms with Gasteiger partial charge in [0.2, 0.25) is 0 Å². The summed E-state index contributed by atoms with van der Waals surface area (Å²) in [4.78, 5) is 14.3. The van der Waals surface area contributed by atoms with Gasteiger partial charge in [-0.2, -0.15) is 0 Å². The van der Waals surface area contributed by atoms with E-state index in [1.54, 1.807) is 12.1 Å². The van der Waals surface area contributed by atoms with Gasteiger partial charge in [0.1, 0.15) is 0 Å². The van der Waals surface area contributed by atoms with Crippen LogP contribution >= 0.6 is 0 Å². The minimum Gasteiger partial charge on any atom is -0.329 e. The van der Waals surface area contributed by atoms with Gasteiger partial charge in [-0.3, -0.25) is 4.79 Å². The van der Waals surface area contributed by atoms with Crippen molar-refractivity contribution in [2.24, 2.45) is 5.84 Å². The average Bonchev–Trinajstić information content (AvgIpc) is 2.06. The predicted octanol–water partition coefficient (Wildman–Crippen LogP) is 0.763. The van der Waals surface area contributed by atoms with E-state index in [9.17, 15) is 4.79 Å². The highest BCUT2D eigenvalue weighted by Crippen LogP contribution is 2.11. The Bertz CT molecular complexity index is 258. The number of hydrogen-bond acceptors (Lipinski definition) is 4. The molecule has 0 heterocycles. The maximum atomic E-state index is 9.91. The molecule has 0 saturated heterocycles. The number of benzene rings is 1. The van der Waals surface area contributed by atoms with Crippen LogP contribution in [0.5, 0.6) is 0 Å². The molecule has 0 amide bonds. The van der Waals surface area contributed by atoms with Gasteiger partial charge in [0.05, 0.1) is 5.69 Å². The van der Waals surface area contributed by atoms with E-state index in [1.165, 1.54) is 0 Å². The van der Waals surface area contributed by atoms with Crippen molar-refractivity contribution in [1.29, 1.82) is 0 Å². The summed E-state index contributed by atoms with van der Waals surface area (Å²) in [7, 11) is 0. The molecule has 0 aromatic heterocycles. The maximum Gasteiger partial charge on any atom is 0.322 e. The minimum atomic E-state index is 0.278. The van der Waals surface area contributed by atoms with E-state index in [1.807, 2.05) is 19.1 Å². The van der Waals surface area contributed by atoms with Crippen LogP contribution in [0.4, 0.5) is 5.69 Å². The number of nitrogens with zero attached hydrogens (tertiary/aromatic N) is 1. The van der Waals surface area contributed by atoms with Crippen molar-refractivity contribution in [2.45, 2.75) is 6.92 Å². The fourth-order valence-corrected chi connectivity index (χ4v) is 0.799. The van der Waals surface area contributed by atoms with Crippen LogP contribution in [0, 0.1) is 6.92 Å². The molecule has 0 aliphatic rings. The van der Waals surface area contributed by atoms with E-state index in [4.69, 9.17) is 5.84 Å². The molecule has 1 rings (SSSR count). The second-order valence-corrected chi connectivity index (χ2v) is 2.36. The molecule has 0 saturated carbocycles. The lowest BCUT2D eigenvalue weighted by atomic mass is 10.2. The van der Waals surface area contributed by atoms with Crippen LogP contribution in [0.2, 0.25) is 0 Å². The Balaban J connectivity index is 2.74. The molecular formula is C8H10N2O2. The molecule has 1 aromatic carbocycles. The van der Waals surface area contributed by atoms with Crippen LogP contribution in [0.15, 0.2) is 24.3 Å². The first-order chi connectivity index (χ1) is 5.74. The van der Waals surface area contributed by atoms with Gasteiger partial charge in [-0.05, 0) is 19.1 Å². The first kappa shape index (κ1) is 8.55. The lowest BCUT2D eigenvalue weighted by Crippen LogP contribution is -2.30. The van der Waals surface area contributed by atoms with Crippen molar-refractivity contribution < 1.29 is 9.63 Å². The van der Waals surface area contributed by atoms with E-state index in [2.05, 4.69) is 4.84 Å². The van der Waals surface area contributed by atoms with Gasteiger partial charge < -0.3 is 4.84 Å². The highest BCUT2D eigenvalue weighted by molar-refractivity contribution is 5.48. The van der Waals surface area contributed by atoms with Gasteiger partial charge in [-0.15, -0.1) is 5.17 Å². The Labute approximate surface area is 70.5 Å². The molecule has 0 atom stereocenters. The zero-order valence-electron chi connectivity index (χ0n) is 6.73. The lowest BCUT2D eigenvalue weighted by molar-refractivity contribution is -0.130. The summed E-state index contributed by atoms with van der Waals surface area (Å²) in [5, 5.41) is 0.909. The van der Waals surface area contributed by atoms with E-state index in [0.29, 0.717) is 5.69 Å². The summed E-state index contributed by atoms with van der Waals surface area (Å²) < 4.78 is 0. The summed E-state index contributed by atoms with van der Waals surface area (Å²) in [6.45, 7) is 2.24. The smallest absolute Gasteiger partial charge is 0.322 e. The molecule has 4 heteroatoms. The minimum absolute atomic E-state index is 0.278. The normalized spacial score (nSPS) is 9.17. The number of carbonyl (C=O) groups excluding carboxylic acids is 1. The summed E-state index contributed by atoms with van der Waals surface area (Å²) >= 11 is 0. The zero-order chi connectivity index (χ0) is 8.97. The number of anilines is 1. The summed E-state index contributed by atoms with van der Waals surface area (Å²) in [6.07, 6.45) is 0. The molecule has 12 heavy (non-hydrogen) atoms. The molecule has 64 valence electrons. The van der Waals surface area contributed by atoms with Gasteiger partial charge in [-0.1, -0.05) is 17.7 Å². The number of hydrazine groups is 1. The standard InChI is InChI=1S/C8H10N2O2/c1-7-2-4-8(5-3-7)10(9)12-6-11/h2-6H,9H2,1H3. The Hall–Kier alpha value is -1.55. The summed E-state index contributed by atoms with van der Waals surface area (Å²) in [5.74, 6) is 5.34. The van der Waals surface area contributed by atoms with Crippen molar-refractivity contribution in [1.82, 2.24) is 0 Å². The molecule has 0 bridgehead atoms. The summed E-state index contributed by atoms with van der Waals surface area (Å²) in [6, 6.07) is 7.28. The third-order valence-corrected chi connectivity index (χ3v) is 1.45. The maximum absolute atomic E-state index is 9.91. The van der Waals surface area contributed by atoms with Gasteiger partial charge in [0.25, 0.3) is 0 Å². The number of carbonyl (C=O) groups is 1.